The molecule has 1 aromatic carbocycles. The van der Waals surface area contributed by atoms with Gasteiger partial charge in [0.1, 0.15) is 10.1 Å². The zero-order valence-corrected chi connectivity index (χ0v) is 20.5. The van der Waals surface area contributed by atoms with E-state index in [0.29, 0.717) is 15.6 Å². The van der Waals surface area contributed by atoms with Gasteiger partial charge in [0.25, 0.3) is 5.91 Å². The van der Waals surface area contributed by atoms with Gasteiger partial charge in [-0.3, -0.25) is 4.79 Å². The Morgan fingerprint density at radius 2 is 1.70 bits per heavy atom. The monoisotopic (exact) mass is 426 g/mol. The number of rotatable bonds is 6. The number of nitrogens with one attached hydrogen (secondary N) is 1. The van der Waals surface area contributed by atoms with Crippen molar-refractivity contribution in [3.8, 4) is 0 Å². The number of amides is 1. The van der Waals surface area contributed by atoms with E-state index in [1.807, 2.05) is 40.2 Å². The minimum Gasteiger partial charge on any atom is -1.00 e. The van der Waals surface area contributed by atoms with Gasteiger partial charge < -0.3 is 17.0 Å². The number of quaternary nitrogens is 1. The second kappa shape index (κ2) is 15.3. The van der Waals surface area contributed by atoms with Crippen molar-refractivity contribution in [2.75, 3.05) is 21.1 Å². The molecule has 9 heteroatoms. The molecule has 1 N–H and O–H groups in total. The van der Waals surface area contributed by atoms with E-state index in [1.54, 1.807) is 24.3 Å². The summed E-state index contributed by atoms with van der Waals surface area (Å²) in [4.78, 5) is 11.5. The van der Waals surface area contributed by atoms with Gasteiger partial charge in [-0.1, -0.05) is 49.8 Å². The van der Waals surface area contributed by atoms with Crippen molar-refractivity contribution in [1.29, 1.82) is 0 Å². The van der Waals surface area contributed by atoms with Gasteiger partial charge in [0.15, 0.2) is 0 Å². The molecular formula is C18H28ClN2NaO4S. The Morgan fingerprint density at radius 3 is 2.11 bits per heavy atom. The summed E-state index contributed by atoms with van der Waals surface area (Å²) in [5.41, 5.74) is 4.35. The smallest absolute Gasteiger partial charge is 1.00 e. The van der Waals surface area contributed by atoms with Crippen LogP contribution in [-0.2, 0) is 14.9 Å². The van der Waals surface area contributed by atoms with E-state index in [4.69, 9.17) is 0 Å². The Balaban J connectivity index is -0.000000398. The molecule has 0 aliphatic rings. The predicted octanol–water partition coefficient (Wildman–Crippen LogP) is -3.32. The molecule has 0 atom stereocenters. The molecule has 1 aromatic rings. The normalized spacial score (nSPS) is 11.6. The largest absolute Gasteiger partial charge is 1.00 e. The molecule has 1 amide bonds. The number of nitrogens with zero attached hydrogens (tertiary/aromatic N) is 1. The van der Waals surface area contributed by atoms with Crippen LogP contribution in [0.1, 0.15) is 32.3 Å². The molecule has 0 aliphatic heterocycles. The van der Waals surface area contributed by atoms with Gasteiger partial charge in [0, 0.05) is 11.0 Å². The van der Waals surface area contributed by atoms with Crippen LogP contribution in [0.2, 0.25) is 0 Å². The third kappa shape index (κ3) is 19.9. The first-order chi connectivity index (χ1) is 11.4. The van der Waals surface area contributed by atoms with E-state index in [-0.39, 0.29) is 47.9 Å². The van der Waals surface area contributed by atoms with Gasteiger partial charge >= 0.3 is 29.6 Å². The number of benzene rings is 1. The molecule has 0 heterocycles. The molecule has 0 bridgehead atoms. The molecule has 0 aliphatic carbocycles. The van der Waals surface area contributed by atoms with Crippen LogP contribution < -0.4 is 47.4 Å². The number of carbonyl (C=O) groups is 1. The molecule has 0 fully saturated rings. The molecule has 27 heavy (non-hydrogen) atoms. The first kappa shape index (κ1) is 31.0. The summed E-state index contributed by atoms with van der Waals surface area (Å²) < 4.78 is 30.9. The van der Waals surface area contributed by atoms with Crippen LogP contribution in [0.5, 0.6) is 0 Å². The van der Waals surface area contributed by atoms with Crippen LogP contribution in [-0.4, -0.2) is 44.6 Å². The van der Waals surface area contributed by atoms with Gasteiger partial charge in [-0.15, -0.1) is 0 Å². The van der Waals surface area contributed by atoms with Gasteiger partial charge in [0.2, 0.25) is 0 Å². The molecule has 1 rings (SSSR count). The standard InChI is InChI=1S/C10H20N2O.C8H8O3S.ClH.Na/c1-6-7-8-9(2)10(13)11-12(3,4)5;9-12(10,11)7-6-8-4-2-1-3-5-8;;/h8H,6-7H2,1-5H3;1-7H,(H,9,10,11);1H;/q;;;+1/p-1. The minimum absolute atomic E-state index is 0. The molecule has 0 spiro atoms. The second-order valence-corrected chi connectivity index (χ2v) is 7.59. The van der Waals surface area contributed by atoms with E-state index in [9.17, 15) is 17.8 Å². The predicted molar refractivity (Wildman–Crippen MR) is 100 cm³/mol. The summed E-state index contributed by atoms with van der Waals surface area (Å²) in [5, 5.41) is 0.641. The van der Waals surface area contributed by atoms with Crippen molar-refractivity contribution in [1.82, 2.24) is 5.43 Å². The van der Waals surface area contributed by atoms with E-state index in [1.165, 1.54) is 6.08 Å². The fourth-order valence-corrected chi connectivity index (χ4v) is 1.90. The van der Waals surface area contributed by atoms with E-state index >= 15 is 0 Å². The summed E-state index contributed by atoms with van der Waals surface area (Å²) in [7, 11) is 1.51. The second-order valence-electron chi connectivity index (χ2n) is 6.34. The number of halogens is 1. The van der Waals surface area contributed by atoms with Crippen molar-refractivity contribution in [3.63, 3.8) is 0 Å². The van der Waals surface area contributed by atoms with Gasteiger partial charge in [-0.2, -0.15) is 5.43 Å². The number of unbranched alkanes of at least 4 members (excludes halogenated alkanes) is 1. The summed E-state index contributed by atoms with van der Waals surface area (Å²) in [6.07, 6.45) is 5.29. The first-order valence-electron chi connectivity index (χ1n) is 7.94. The third-order valence-electron chi connectivity index (χ3n) is 2.76. The van der Waals surface area contributed by atoms with E-state index in [0.717, 1.165) is 18.4 Å². The van der Waals surface area contributed by atoms with Crippen LogP contribution in [0.3, 0.4) is 0 Å². The van der Waals surface area contributed by atoms with Crippen LogP contribution in [0.15, 0.2) is 47.4 Å². The van der Waals surface area contributed by atoms with Crippen molar-refractivity contribution in [3.05, 3.63) is 53.0 Å². The summed E-state index contributed by atoms with van der Waals surface area (Å²) in [6.45, 7) is 3.95. The van der Waals surface area contributed by atoms with E-state index in [2.05, 4.69) is 12.3 Å². The van der Waals surface area contributed by atoms with Crippen LogP contribution >= 0.6 is 0 Å². The molecule has 0 saturated heterocycles. The molecule has 0 unspecified atom stereocenters. The molecule has 0 aromatic heterocycles. The van der Waals surface area contributed by atoms with Gasteiger partial charge in [-0.25, -0.2) is 13.0 Å². The average molecular weight is 427 g/mol. The maximum absolute atomic E-state index is 11.5. The SMILES string of the molecule is CCCC=C(C)C(=O)N[N+](C)(C)C.O=S(=O)([O-])C=Cc1ccccc1.[Cl-].[Na+]. The number of hydrogen-bond acceptors (Lipinski definition) is 4. The van der Waals surface area contributed by atoms with Crippen LogP contribution in [0.4, 0.5) is 0 Å². The van der Waals surface area contributed by atoms with Gasteiger partial charge in [0.05, 0.1) is 21.1 Å². The zero-order valence-electron chi connectivity index (χ0n) is 16.9. The Labute approximate surface area is 191 Å². The summed E-state index contributed by atoms with van der Waals surface area (Å²) in [6, 6.07) is 8.75. The molecule has 0 radical (unpaired) electrons. The average Bonchev–Trinajstić information content (AvgIpc) is 2.50. The Hall–Kier alpha value is -0.670. The minimum atomic E-state index is -4.25. The van der Waals surface area contributed by atoms with Crippen molar-refractivity contribution in [2.24, 2.45) is 0 Å². The first-order valence-corrected chi connectivity index (χ1v) is 9.41. The van der Waals surface area contributed by atoms with Crippen molar-refractivity contribution in [2.45, 2.75) is 26.7 Å². The maximum Gasteiger partial charge on any atom is 1.00 e. The van der Waals surface area contributed by atoms with Gasteiger partial charge in [-0.05, 0) is 25.0 Å². The number of hydrogen-bond donors (Lipinski definition) is 1. The molecule has 0 saturated carbocycles. The molecule has 6 nitrogen and oxygen atoms in total. The summed E-state index contributed by atoms with van der Waals surface area (Å²) >= 11 is 0. The third-order valence-corrected chi connectivity index (χ3v) is 3.23. The Morgan fingerprint density at radius 1 is 1.19 bits per heavy atom. The van der Waals surface area contributed by atoms with Crippen LogP contribution in [0.25, 0.3) is 6.08 Å². The molecule has 148 valence electrons. The topological polar surface area (TPSA) is 86.3 Å². The fraction of sp³-hybridized carbons (Fsp3) is 0.389. The van der Waals surface area contributed by atoms with E-state index < -0.39 is 10.1 Å². The zero-order chi connectivity index (χ0) is 19.5. The number of carbonyl (C=O) groups excluding carboxylic acids is 1. The quantitative estimate of drug-likeness (QED) is 0.170. The van der Waals surface area contributed by atoms with Crippen LogP contribution in [0, 0.1) is 0 Å². The van der Waals surface area contributed by atoms with Crippen molar-refractivity contribution >= 4 is 22.1 Å². The molecular weight excluding hydrogens is 399 g/mol. The Kier molecular flexibility index (Phi) is 17.6. The Bertz CT molecular complexity index is 700. The van der Waals surface area contributed by atoms with Crippen molar-refractivity contribution < 1.29 is 64.3 Å². The summed E-state index contributed by atoms with van der Waals surface area (Å²) in [5.74, 6) is 0.0148. The fourth-order valence-electron chi connectivity index (χ4n) is 1.57. The number of allylic oxidation sites excluding steroid dienone is 1. The maximum atomic E-state index is 11.5.